The van der Waals surface area contributed by atoms with E-state index in [-0.39, 0.29) is 5.75 Å². The number of aromatic amines is 1. The first-order valence-electron chi connectivity index (χ1n) is 9.42. The highest BCUT2D eigenvalue weighted by atomic mass is 32.2. The summed E-state index contributed by atoms with van der Waals surface area (Å²) in [5, 5.41) is 0.924. The van der Waals surface area contributed by atoms with E-state index in [1.54, 1.807) is 11.8 Å². The zero-order chi connectivity index (χ0) is 21.3. The molecule has 1 N–H and O–H groups in total. The zero-order valence-corrected chi connectivity index (χ0v) is 17.2. The number of thioether (sulfide) groups is 1. The Morgan fingerprint density at radius 2 is 1.87 bits per heavy atom. The fourth-order valence-corrected chi connectivity index (χ4v) is 4.02. The van der Waals surface area contributed by atoms with Gasteiger partial charge in [-0.2, -0.15) is 13.2 Å². The molecule has 30 heavy (non-hydrogen) atoms. The van der Waals surface area contributed by atoms with Crippen LogP contribution in [0.3, 0.4) is 0 Å². The van der Waals surface area contributed by atoms with E-state index in [4.69, 9.17) is 4.74 Å². The highest BCUT2D eigenvalue weighted by Crippen LogP contribution is 2.40. The molecular formula is C23H19F3N2OS. The molecular weight excluding hydrogens is 409 g/mol. The van der Waals surface area contributed by atoms with Gasteiger partial charge in [0.1, 0.15) is 17.1 Å². The van der Waals surface area contributed by atoms with Crippen LogP contribution in [0.15, 0.2) is 65.7 Å². The summed E-state index contributed by atoms with van der Waals surface area (Å²) in [4.78, 5) is 8.69. The first-order chi connectivity index (χ1) is 14.3. The van der Waals surface area contributed by atoms with Crippen molar-refractivity contribution >= 4 is 22.8 Å². The second kappa shape index (κ2) is 8.07. The molecule has 0 aliphatic heterocycles. The number of aromatic nitrogens is 2. The fourth-order valence-electron chi connectivity index (χ4n) is 3.32. The number of hydrogen-bond acceptors (Lipinski definition) is 3. The van der Waals surface area contributed by atoms with E-state index >= 15 is 0 Å². The van der Waals surface area contributed by atoms with Crippen LogP contribution in [0.5, 0.6) is 11.5 Å². The van der Waals surface area contributed by atoms with Gasteiger partial charge in [0, 0.05) is 27.7 Å². The van der Waals surface area contributed by atoms with Crippen molar-refractivity contribution in [3.63, 3.8) is 0 Å². The van der Waals surface area contributed by atoms with Crippen LogP contribution in [-0.2, 0) is 6.18 Å². The Bertz CT molecular complexity index is 1200. The molecule has 3 nitrogen and oxygen atoms in total. The minimum absolute atomic E-state index is 0.137. The number of nitrogens with zero attached hydrogens (tertiary/aromatic N) is 1. The Labute approximate surface area is 176 Å². The molecule has 154 valence electrons. The SMILES string of the molecule is CCSc1ccc(Oc2cccc(C(F)(F)F)c2)c(-c2cc(C)nc3[nH]ccc23)c1. The van der Waals surface area contributed by atoms with Gasteiger partial charge in [-0.25, -0.2) is 4.98 Å². The van der Waals surface area contributed by atoms with Gasteiger partial charge in [0.2, 0.25) is 0 Å². The fraction of sp³-hybridized carbons (Fsp3) is 0.174. The van der Waals surface area contributed by atoms with Crippen LogP contribution in [0.25, 0.3) is 22.2 Å². The van der Waals surface area contributed by atoms with Gasteiger partial charge in [0.05, 0.1) is 5.56 Å². The Balaban J connectivity index is 1.84. The molecule has 0 saturated carbocycles. The molecule has 4 rings (SSSR count). The number of fused-ring (bicyclic) bond motifs is 1. The highest BCUT2D eigenvalue weighted by Gasteiger charge is 2.30. The van der Waals surface area contributed by atoms with E-state index in [1.165, 1.54) is 12.1 Å². The molecule has 0 unspecified atom stereocenters. The molecule has 4 aromatic rings. The van der Waals surface area contributed by atoms with Crippen LogP contribution in [0.2, 0.25) is 0 Å². The van der Waals surface area contributed by atoms with Crippen molar-refractivity contribution < 1.29 is 17.9 Å². The summed E-state index contributed by atoms with van der Waals surface area (Å²) in [5.41, 5.74) is 2.56. The van der Waals surface area contributed by atoms with Gasteiger partial charge in [-0.15, -0.1) is 11.8 Å². The molecule has 2 aromatic carbocycles. The van der Waals surface area contributed by atoms with E-state index in [9.17, 15) is 13.2 Å². The van der Waals surface area contributed by atoms with Crippen molar-refractivity contribution in [3.8, 4) is 22.6 Å². The Kier molecular flexibility index (Phi) is 5.47. The van der Waals surface area contributed by atoms with Crippen molar-refractivity contribution in [2.24, 2.45) is 0 Å². The average Bonchev–Trinajstić information content (AvgIpc) is 3.17. The van der Waals surface area contributed by atoms with E-state index in [2.05, 4.69) is 16.9 Å². The number of nitrogens with one attached hydrogen (secondary N) is 1. The third kappa shape index (κ3) is 4.16. The molecule has 0 fully saturated rings. The molecule has 2 heterocycles. The lowest BCUT2D eigenvalue weighted by atomic mass is 10.0. The number of alkyl halides is 3. The van der Waals surface area contributed by atoms with Gasteiger partial charge in [-0.3, -0.25) is 0 Å². The Hall–Kier alpha value is -2.93. The number of benzene rings is 2. The van der Waals surface area contributed by atoms with Crippen LogP contribution in [0.1, 0.15) is 18.2 Å². The number of halogens is 3. The summed E-state index contributed by atoms with van der Waals surface area (Å²) in [6.07, 6.45) is -2.61. The maximum atomic E-state index is 13.1. The summed E-state index contributed by atoms with van der Waals surface area (Å²) in [6, 6.07) is 14.6. The topological polar surface area (TPSA) is 37.9 Å². The Morgan fingerprint density at radius 1 is 1.03 bits per heavy atom. The van der Waals surface area contributed by atoms with Crippen LogP contribution >= 0.6 is 11.8 Å². The zero-order valence-electron chi connectivity index (χ0n) is 16.4. The first-order valence-corrected chi connectivity index (χ1v) is 10.4. The van der Waals surface area contributed by atoms with Gasteiger partial charge < -0.3 is 9.72 Å². The highest BCUT2D eigenvalue weighted by molar-refractivity contribution is 7.99. The maximum absolute atomic E-state index is 13.1. The van der Waals surface area contributed by atoms with Crippen LogP contribution in [0, 0.1) is 6.92 Å². The maximum Gasteiger partial charge on any atom is 0.416 e. The van der Waals surface area contributed by atoms with E-state index in [0.717, 1.165) is 50.6 Å². The van der Waals surface area contributed by atoms with Crippen molar-refractivity contribution in [2.75, 3.05) is 5.75 Å². The van der Waals surface area contributed by atoms with Gasteiger partial charge in [0.25, 0.3) is 0 Å². The van der Waals surface area contributed by atoms with Crippen molar-refractivity contribution in [3.05, 3.63) is 72.1 Å². The van der Waals surface area contributed by atoms with Gasteiger partial charge >= 0.3 is 6.18 Å². The number of aryl methyl sites for hydroxylation is 1. The predicted octanol–water partition coefficient (Wildman–Crippen LogP) is 7.46. The van der Waals surface area contributed by atoms with E-state index < -0.39 is 11.7 Å². The number of pyridine rings is 1. The number of rotatable bonds is 5. The second-order valence-corrected chi connectivity index (χ2v) is 8.11. The standard InChI is InChI=1S/C23H19F3N2OS/c1-3-30-17-7-8-21(29-16-6-4-5-15(12-16)23(24,25)26)20(13-17)19-11-14(2)28-22-18(19)9-10-27-22/h4-13H,3H2,1-2H3,(H,27,28). The molecule has 0 atom stereocenters. The number of hydrogen-bond donors (Lipinski definition) is 1. The lowest BCUT2D eigenvalue weighted by Crippen LogP contribution is -2.04. The normalized spacial score (nSPS) is 11.8. The van der Waals surface area contributed by atoms with Crippen LogP contribution in [0.4, 0.5) is 13.2 Å². The summed E-state index contributed by atoms with van der Waals surface area (Å²) >= 11 is 1.69. The van der Waals surface area contributed by atoms with Crippen LogP contribution in [-0.4, -0.2) is 15.7 Å². The molecule has 2 aromatic heterocycles. The van der Waals surface area contributed by atoms with E-state index in [0.29, 0.717) is 5.75 Å². The summed E-state index contributed by atoms with van der Waals surface area (Å²) in [7, 11) is 0. The van der Waals surface area contributed by atoms with Crippen molar-refractivity contribution in [1.29, 1.82) is 0 Å². The average molecular weight is 428 g/mol. The third-order valence-corrected chi connectivity index (χ3v) is 5.47. The molecule has 0 bridgehead atoms. The molecule has 0 radical (unpaired) electrons. The van der Waals surface area contributed by atoms with Gasteiger partial charge in [-0.05, 0) is 66.8 Å². The van der Waals surface area contributed by atoms with Gasteiger partial charge in [-0.1, -0.05) is 13.0 Å². The quantitative estimate of drug-likeness (QED) is 0.335. The number of H-pyrrole nitrogens is 1. The van der Waals surface area contributed by atoms with Crippen molar-refractivity contribution in [1.82, 2.24) is 9.97 Å². The summed E-state index contributed by atoms with van der Waals surface area (Å²) in [5.74, 6) is 1.53. The smallest absolute Gasteiger partial charge is 0.416 e. The van der Waals surface area contributed by atoms with E-state index in [1.807, 2.05) is 43.5 Å². The molecule has 7 heteroatoms. The third-order valence-electron chi connectivity index (χ3n) is 4.60. The molecule has 0 saturated heterocycles. The second-order valence-electron chi connectivity index (χ2n) is 6.77. The Morgan fingerprint density at radius 3 is 2.63 bits per heavy atom. The monoisotopic (exact) mass is 428 g/mol. The summed E-state index contributed by atoms with van der Waals surface area (Å²) < 4.78 is 45.3. The molecule has 0 amide bonds. The van der Waals surface area contributed by atoms with Gasteiger partial charge in [0.15, 0.2) is 0 Å². The molecule has 0 aliphatic rings. The largest absolute Gasteiger partial charge is 0.457 e. The first kappa shape index (κ1) is 20.3. The molecule has 0 aliphatic carbocycles. The lowest BCUT2D eigenvalue weighted by Gasteiger charge is -2.15. The minimum atomic E-state index is -4.43. The molecule has 0 spiro atoms. The lowest BCUT2D eigenvalue weighted by molar-refractivity contribution is -0.137. The summed E-state index contributed by atoms with van der Waals surface area (Å²) in [6.45, 7) is 3.97. The number of ether oxygens (including phenoxy) is 1. The van der Waals surface area contributed by atoms with Crippen LogP contribution < -0.4 is 4.74 Å². The minimum Gasteiger partial charge on any atom is -0.457 e. The predicted molar refractivity (Wildman–Crippen MR) is 114 cm³/mol. The van der Waals surface area contributed by atoms with Crippen molar-refractivity contribution in [2.45, 2.75) is 24.9 Å².